The Labute approximate surface area is 180 Å². The van der Waals surface area contributed by atoms with Gasteiger partial charge in [0.15, 0.2) is 0 Å². The second kappa shape index (κ2) is 8.34. The lowest BCUT2D eigenvalue weighted by Gasteiger charge is -2.33. The number of likely N-dealkylation sites (tertiary alicyclic amines) is 1. The molecule has 3 heterocycles. The van der Waals surface area contributed by atoms with Gasteiger partial charge in [0.05, 0.1) is 23.1 Å². The number of aromatic nitrogens is 2. The lowest BCUT2D eigenvalue weighted by atomic mass is 10.0. The van der Waals surface area contributed by atoms with Crippen molar-refractivity contribution >= 4 is 28.5 Å². The number of nitrogens with zero attached hydrogens (tertiary/aromatic N) is 4. The normalized spacial score (nSPS) is 19.7. The highest BCUT2D eigenvalue weighted by molar-refractivity contribution is 6.00. The summed E-state index contributed by atoms with van der Waals surface area (Å²) in [4.78, 5) is 38.0. The fraction of sp³-hybridized carbons (Fsp3) is 0.333. The number of ether oxygens (including phenoxy) is 1. The minimum Gasteiger partial charge on any atom is -0.473 e. The van der Waals surface area contributed by atoms with Gasteiger partial charge in [-0.2, -0.15) is 0 Å². The summed E-state index contributed by atoms with van der Waals surface area (Å²) in [5.74, 6) is 0.313. The molecule has 2 saturated heterocycles. The first-order chi connectivity index (χ1) is 15.2. The first-order valence-electron chi connectivity index (χ1n) is 10.7. The van der Waals surface area contributed by atoms with Crippen LogP contribution in [0, 0.1) is 5.92 Å². The molecule has 1 atom stereocenters. The van der Waals surface area contributed by atoms with Crippen molar-refractivity contribution in [1.82, 2.24) is 14.9 Å². The molecule has 2 aliphatic rings. The smallest absolute Gasteiger partial charge is 0.233 e. The Hall–Kier alpha value is -3.48. The van der Waals surface area contributed by atoms with Crippen molar-refractivity contribution in [3.63, 3.8) is 0 Å². The van der Waals surface area contributed by atoms with E-state index in [0.29, 0.717) is 25.5 Å². The number of rotatable bonds is 4. The van der Waals surface area contributed by atoms with Crippen molar-refractivity contribution < 1.29 is 14.3 Å². The van der Waals surface area contributed by atoms with Gasteiger partial charge >= 0.3 is 0 Å². The number of para-hydroxylation sites is 3. The zero-order valence-electron chi connectivity index (χ0n) is 17.2. The van der Waals surface area contributed by atoms with Crippen molar-refractivity contribution in [1.29, 1.82) is 0 Å². The highest BCUT2D eigenvalue weighted by Gasteiger charge is 2.38. The molecule has 0 bridgehead atoms. The highest BCUT2D eigenvalue weighted by atomic mass is 16.5. The van der Waals surface area contributed by atoms with Crippen LogP contribution in [0.15, 0.2) is 60.8 Å². The highest BCUT2D eigenvalue weighted by Crippen LogP contribution is 2.27. The number of carbonyl (C=O) groups excluding carboxylic acids is 2. The third kappa shape index (κ3) is 4.08. The van der Waals surface area contributed by atoms with Gasteiger partial charge in [-0.05, 0) is 24.3 Å². The van der Waals surface area contributed by atoms with E-state index in [1.165, 1.54) is 0 Å². The van der Waals surface area contributed by atoms with Gasteiger partial charge in [0.25, 0.3) is 0 Å². The summed E-state index contributed by atoms with van der Waals surface area (Å²) in [7, 11) is 0. The topological polar surface area (TPSA) is 75.6 Å². The largest absolute Gasteiger partial charge is 0.473 e. The Balaban J connectivity index is 1.16. The van der Waals surface area contributed by atoms with Crippen molar-refractivity contribution in [2.24, 2.45) is 5.92 Å². The zero-order chi connectivity index (χ0) is 21.2. The molecule has 2 aromatic carbocycles. The van der Waals surface area contributed by atoms with E-state index in [4.69, 9.17) is 4.74 Å². The van der Waals surface area contributed by atoms with Crippen LogP contribution in [0.1, 0.15) is 19.3 Å². The fourth-order valence-electron chi connectivity index (χ4n) is 4.35. The number of piperidine rings is 1. The predicted molar refractivity (Wildman–Crippen MR) is 117 cm³/mol. The fourth-order valence-corrected chi connectivity index (χ4v) is 4.35. The van der Waals surface area contributed by atoms with Crippen LogP contribution in [0.25, 0.3) is 11.0 Å². The molecule has 158 valence electrons. The van der Waals surface area contributed by atoms with Crippen LogP contribution in [0.2, 0.25) is 0 Å². The van der Waals surface area contributed by atoms with E-state index in [0.717, 1.165) is 29.6 Å². The first kappa shape index (κ1) is 19.5. The standard InChI is InChI=1S/C24H24N4O3/c29-23-14-17(16-28(23)18-6-2-1-3-7-18)24(30)27-12-10-19(11-13-27)31-22-15-25-20-8-4-5-9-21(20)26-22/h1-9,15,17,19H,10-14,16H2. The Morgan fingerprint density at radius 2 is 1.68 bits per heavy atom. The average molecular weight is 416 g/mol. The van der Waals surface area contributed by atoms with Crippen molar-refractivity contribution in [3.05, 3.63) is 60.8 Å². The molecule has 7 nitrogen and oxygen atoms in total. The molecular formula is C24H24N4O3. The van der Waals surface area contributed by atoms with E-state index in [2.05, 4.69) is 9.97 Å². The van der Waals surface area contributed by atoms with Crippen LogP contribution in [-0.4, -0.2) is 52.4 Å². The second-order valence-electron chi connectivity index (χ2n) is 8.08. The van der Waals surface area contributed by atoms with Crippen LogP contribution >= 0.6 is 0 Å². The van der Waals surface area contributed by atoms with E-state index in [1.54, 1.807) is 11.1 Å². The quantitative estimate of drug-likeness (QED) is 0.653. The van der Waals surface area contributed by atoms with E-state index < -0.39 is 0 Å². The number of hydrogen-bond acceptors (Lipinski definition) is 5. The summed E-state index contributed by atoms with van der Waals surface area (Å²) in [6.45, 7) is 1.70. The van der Waals surface area contributed by atoms with Gasteiger partial charge in [-0.15, -0.1) is 0 Å². The Kier molecular flexibility index (Phi) is 5.24. The van der Waals surface area contributed by atoms with Crippen molar-refractivity contribution in [2.45, 2.75) is 25.4 Å². The summed E-state index contributed by atoms with van der Waals surface area (Å²) in [5, 5.41) is 0. The van der Waals surface area contributed by atoms with E-state index in [9.17, 15) is 9.59 Å². The Morgan fingerprint density at radius 3 is 2.45 bits per heavy atom. The molecule has 0 spiro atoms. The van der Waals surface area contributed by atoms with Crippen LogP contribution in [0.4, 0.5) is 5.69 Å². The van der Waals surface area contributed by atoms with Gasteiger partial charge in [-0.1, -0.05) is 30.3 Å². The molecule has 2 amide bonds. The molecule has 1 unspecified atom stereocenters. The monoisotopic (exact) mass is 416 g/mol. The summed E-state index contributed by atoms with van der Waals surface area (Å²) >= 11 is 0. The van der Waals surface area contributed by atoms with Gasteiger partial charge in [0.1, 0.15) is 6.10 Å². The third-order valence-electron chi connectivity index (χ3n) is 6.01. The minimum atomic E-state index is -0.281. The number of benzene rings is 2. The summed E-state index contributed by atoms with van der Waals surface area (Å²) in [5.41, 5.74) is 2.50. The van der Waals surface area contributed by atoms with Gasteiger partial charge in [-0.3, -0.25) is 9.59 Å². The third-order valence-corrected chi connectivity index (χ3v) is 6.01. The Morgan fingerprint density at radius 1 is 0.968 bits per heavy atom. The molecule has 1 aromatic heterocycles. The molecule has 0 N–H and O–H groups in total. The molecule has 31 heavy (non-hydrogen) atoms. The minimum absolute atomic E-state index is 0.00513. The lowest BCUT2D eigenvalue weighted by Crippen LogP contribution is -2.45. The van der Waals surface area contributed by atoms with Crippen LogP contribution in [0.5, 0.6) is 5.88 Å². The first-order valence-corrected chi connectivity index (χ1v) is 10.7. The number of hydrogen-bond donors (Lipinski definition) is 0. The predicted octanol–water partition coefficient (Wildman–Crippen LogP) is 3.05. The van der Waals surface area contributed by atoms with Gasteiger partial charge in [-0.25, -0.2) is 9.97 Å². The molecule has 0 radical (unpaired) electrons. The molecule has 0 aliphatic carbocycles. The number of amides is 2. The van der Waals surface area contributed by atoms with Gasteiger partial charge < -0.3 is 14.5 Å². The van der Waals surface area contributed by atoms with Crippen LogP contribution < -0.4 is 9.64 Å². The van der Waals surface area contributed by atoms with E-state index >= 15 is 0 Å². The van der Waals surface area contributed by atoms with Crippen molar-refractivity contribution in [3.8, 4) is 5.88 Å². The summed E-state index contributed by atoms with van der Waals surface area (Å²) < 4.78 is 6.03. The van der Waals surface area contributed by atoms with E-state index in [1.807, 2.05) is 59.5 Å². The maximum absolute atomic E-state index is 13.0. The van der Waals surface area contributed by atoms with Gasteiger partial charge in [0.2, 0.25) is 17.7 Å². The van der Waals surface area contributed by atoms with Gasteiger partial charge in [0, 0.05) is 44.6 Å². The number of anilines is 1. The van der Waals surface area contributed by atoms with E-state index in [-0.39, 0.29) is 30.3 Å². The molecule has 2 fully saturated rings. The molecule has 3 aromatic rings. The van der Waals surface area contributed by atoms with Crippen LogP contribution in [-0.2, 0) is 9.59 Å². The summed E-state index contributed by atoms with van der Waals surface area (Å²) in [6, 6.07) is 17.2. The maximum Gasteiger partial charge on any atom is 0.233 e. The maximum atomic E-state index is 13.0. The molecular weight excluding hydrogens is 392 g/mol. The van der Waals surface area contributed by atoms with Crippen LogP contribution in [0.3, 0.4) is 0 Å². The zero-order valence-corrected chi connectivity index (χ0v) is 17.2. The molecule has 0 saturated carbocycles. The molecule has 2 aliphatic heterocycles. The number of carbonyl (C=O) groups is 2. The molecule has 7 heteroatoms. The number of fused-ring (bicyclic) bond motifs is 1. The SMILES string of the molecule is O=C(C1CC(=O)N(c2ccccc2)C1)N1CCC(Oc2cnc3ccccc3n2)CC1. The average Bonchev–Trinajstić information content (AvgIpc) is 3.21. The Bertz CT molecular complexity index is 1100. The second-order valence-corrected chi connectivity index (χ2v) is 8.08. The van der Waals surface area contributed by atoms with Crippen molar-refractivity contribution in [2.75, 3.05) is 24.5 Å². The lowest BCUT2D eigenvalue weighted by molar-refractivity contribution is -0.137. The molecule has 5 rings (SSSR count). The summed E-state index contributed by atoms with van der Waals surface area (Å²) in [6.07, 6.45) is 3.41.